The second-order valence-electron chi connectivity index (χ2n) is 6.52. The standard InChI is InChI=1S/C15H30N4/c1-5-19-10-6-7-13(19)11-18(4)14(16-3)17-12-15(2)8-9-15/h13H,5-12H2,1-4H3,(H,16,17). The van der Waals surface area contributed by atoms with E-state index in [1.54, 1.807) is 0 Å². The number of nitrogens with one attached hydrogen (secondary N) is 1. The molecule has 0 aromatic heterocycles. The Balaban J connectivity index is 1.81. The van der Waals surface area contributed by atoms with Crippen molar-refractivity contribution in [2.24, 2.45) is 10.4 Å². The third-order valence-corrected chi connectivity index (χ3v) is 4.74. The summed E-state index contributed by atoms with van der Waals surface area (Å²) < 4.78 is 0. The van der Waals surface area contributed by atoms with Crippen molar-refractivity contribution < 1.29 is 0 Å². The second kappa shape index (κ2) is 6.12. The lowest BCUT2D eigenvalue weighted by molar-refractivity contribution is 0.232. The van der Waals surface area contributed by atoms with Gasteiger partial charge in [-0.2, -0.15) is 0 Å². The first-order valence-corrected chi connectivity index (χ1v) is 7.74. The van der Waals surface area contributed by atoms with Gasteiger partial charge in [-0.1, -0.05) is 13.8 Å². The van der Waals surface area contributed by atoms with Crippen LogP contribution in [0.2, 0.25) is 0 Å². The van der Waals surface area contributed by atoms with Crippen LogP contribution in [0.5, 0.6) is 0 Å². The van der Waals surface area contributed by atoms with Crippen LogP contribution in [0.3, 0.4) is 0 Å². The predicted molar refractivity (Wildman–Crippen MR) is 81.6 cm³/mol. The first-order valence-electron chi connectivity index (χ1n) is 7.74. The molecule has 1 N–H and O–H groups in total. The zero-order chi connectivity index (χ0) is 13.9. The molecule has 1 unspecified atom stereocenters. The van der Waals surface area contributed by atoms with Crippen LogP contribution in [-0.2, 0) is 0 Å². The van der Waals surface area contributed by atoms with Crippen molar-refractivity contribution in [3.05, 3.63) is 0 Å². The van der Waals surface area contributed by atoms with Crippen molar-refractivity contribution in [3.63, 3.8) is 0 Å². The van der Waals surface area contributed by atoms with E-state index in [4.69, 9.17) is 0 Å². The highest BCUT2D eigenvalue weighted by Crippen LogP contribution is 2.44. The number of aliphatic imine (C=N–C) groups is 1. The van der Waals surface area contributed by atoms with E-state index in [9.17, 15) is 0 Å². The number of hydrogen-bond acceptors (Lipinski definition) is 2. The molecule has 1 atom stereocenters. The Morgan fingerprint density at radius 3 is 2.79 bits per heavy atom. The van der Waals surface area contributed by atoms with E-state index in [1.807, 2.05) is 7.05 Å². The van der Waals surface area contributed by atoms with E-state index in [1.165, 1.54) is 38.8 Å². The maximum atomic E-state index is 4.42. The first kappa shape index (κ1) is 14.6. The third-order valence-electron chi connectivity index (χ3n) is 4.74. The number of rotatable bonds is 5. The van der Waals surface area contributed by atoms with E-state index in [0.717, 1.165) is 19.0 Å². The molecule has 1 saturated carbocycles. The van der Waals surface area contributed by atoms with Gasteiger partial charge in [0.1, 0.15) is 0 Å². The summed E-state index contributed by atoms with van der Waals surface area (Å²) in [6, 6.07) is 0.699. The third kappa shape index (κ3) is 3.85. The molecule has 4 nitrogen and oxygen atoms in total. The summed E-state index contributed by atoms with van der Waals surface area (Å²) in [7, 11) is 4.05. The van der Waals surface area contributed by atoms with Crippen molar-refractivity contribution in [2.45, 2.75) is 45.6 Å². The largest absolute Gasteiger partial charge is 0.356 e. The van der Waals surface area contributed by atoms with Gasteiger partial charge in [0.25, 0.3) is 0 Å². The normalized spacial score (nSPS) is 26.5. The van der Waals surface area contributed by atoms with Crippen molar-refractivity contribution in [3.8, 4) is 0 Å². The molecule has 1 heterocycles. The monoisotopic (exact) mass is 266 g/mol. The van der Waals surface area contributed by atoms with E-state index in [2.05, 4.69) is 41.0 Å². The molecule has 2 aliphatic rings. The highest BCUT2D eigenvalue weighted by atomic mass is 15.3. The molecule has 0 aromatic carbocycles. The fraction of sp³-hybridized carbons (Fsp3) is 0.933. The molecule has 0 radical (unpaired) electrons. The van der Waals surface area contributed by atoms with Gasteiger partial charge < -0.3 is 10.2 Å². The molecule has 2 fully saturated rings. The molecule has 0 amide bonds. The molecule has 1 aliphatic carbocycles. The van der Waals surface area contributed by atoms with Crippen molar-refractivity contribution in [1.29, 1.82) is 0 Å². The van der Waals surface area contributed by atoms with Gasteiger partial charge in [-0.05, 0) is 44.2 Å². The van der Waals surface area contributed by atoms with Gasteiger partial charge in [-0.25, -0.2) is 0 Å². The van der Waals surface area contributed by atoms with Crippen LogP contribution < -0.4 is 5.32 Å². The summed E-state index contributed by atoms with van der Waals surface area (Å²) in [5.74, 6) is 1.05. The maximum absolute atomic E-state index is 4.42. The van der Waals surface area contributed by atoms with E-state index in [-0.39, 0.29) is 0 Å². The Morgan fingerprint density at radius 1 is 1.47 bits per heavy atom. The van der Waals surface area contributed by atoms with Gasteiger partial charge in [0.15, 0.2) is 5.96 Å². The number of likely N-dealkylation sites (tertiary alicyclic amines) is 1. The zero-order valence-corrected chi connectivity index (χ0v) is 13.1. The Kier molecular flexibility index (Phi) is 4.71. The topological polar surface area (TPSA) is 30.9 Å². The molecular formula is C15H30N4. The molecule has 0 spiro atoms. The highest BCUT2D eigenvalue weighted by Gasteiger charge is 2.37. The number of hydrogen-bond donors (Lipinski definition) is 1. The lowest BCUT2D eigenvalue weighted by Gasteiger charge is -2.30. The minimum atomic E-state index is 0.527. The number of nitrogens with zero attached hydrogens (tertiary/aromatic N) is 3. The molecule has 110 valence electrons. The maximum Gasteiger partial charge on any atom is 0.193 e. The Hall–Kier alpha value is -0.770. The summed E-state index contributed by atoms with van der Waals surface area (Å²) >= 11 is 0. The Labute approximate surface area is 118 Å². The summed E-state index contributed by atoms with van der Waals surface area (Å²) in [6.45, 7) is 9.19. The average molecular weight is 266 g/mol. The minimum Gasteiger partial charge on any atom is -0.356 e. The van der Waals surface area contributed by atoms with Gasteiger partial charge in [-0.15, -0.1) is 0 Å². The number of likely N-dealkylation sites (N-methyl/N-ethyl adjacent to an activating group) is 2. The Bertz CT molecular complexity index is 322. The lowest BCUT2D eigenvalue weighted by Crippen LogP contribution is -2.46. The van der Waals surface area contributed by atoms with Gasteiger partial charge in [-0.3, -0.25) is 9.89 Å². The smallest absolute Gasteiger partial charge is 0.193 e. The van der Waals surface area contributed by atoms with Crippen LogP contribution in [0.15, 0.2) is 4.99 Å². The van der Waals surface area contributed by atoms with Crippen LogP contribution in [0.1, 0.15) is 39.5 Å². The lowest BCUT2D eigenvalue weighted by atomic mass is 10.1. The predicted octanol–water partition coefficient (Wildman–Crippen LogP) is 1.78. The molecule has 19 heavy (non-hydrogen) atoms. The highest BCUT2D eigenvalue weighted by molar-refractivity contribution is 5.79. The van der Waals surface area contributed by atoms with Crippen molar-refractivity contribution >= 4 is 5.96 Å². The summed E-state index contributed by atoms with van der Waals surface area (Å²) in [4.78, 5) is 9.31. The van der Waals surface area contributed by atoms with Crippen molar-refractivity contribution in [2.75, 3.05) is 40.3 Å². The van der Waals surface area contributed by atoms with Crippen LogP contribution in [-0.4, -0.2) is 62.1 Å². The van der Waals surface area contributed by atoms with Gasteiger partial charge in [0.05, 0.1) is 0 Å². The second-order valence-corrected chi connectivity index (χ2v) is 6.52. The summed E-state index contributed by atoms with van der Waals surface area (Å²) in [5, 5.41) is 3.54. The summed E-state index contributed by atoms with van der Waals surface area (Å²) in [6.07, 6.45) is 5.38. The quantitative estimate of drug-likeness (QED) is 0.608. The van der Waals surface area contributed by atoms with Crippen molar-refractivity contribution in [1.82, 2.24) is 15.1 Å². The number of guanidine groups is 1. The molecule has 0 aromatic rings. The summed E-state index contributed by atoms with van der Waals surface area (Å²) in [5.41, 5.74) is 0.527. The van der Waals surface area contributed by atoms with Gasteiger partial charge in [0, 0.05) is 33.2 Å². The average Bonchev–Trinajstić information content (AvgIpc) is 2.96. The molecular weight excluding hydrogens is 236 g/mol. The van der Waals surface area contributed by atoms with E-state index < -0.39 is 0 Å². The van der Waals surface area contributed by atoms with E-state index in [0.29, 0.717) is 11.5 Å². The van der Waals surface area contributed by atoms with Crippen LogP contribution in [0, 0.1) is 5.41 Å². The van der Waals surface area contributed by atoms with Crippen LogP contribution >= 0.6 is 0 Å². The zero-order valence-electron chi connectivity index (χ0n) is 13.1. The fourth-order valence-corrected chi connectivity index (χ4v) is 2.99. The molecule has 1 saturated heterocycles. The molecule has 4 heteroatoms. The van der Waals surface area contributed by atoms with Crippen LogP contribution in [0.25, 0.3) is 0 Å². The van der Waals surface area contributed by atoms with Gasteiger partial charge in [0.2, 0.25) is 0 Å². The molecule has 0 bridgehead atoms. The Morgan fingerprint density at radius 2 is 2.21 bits per heavy atom. The molecule has 2 rings (SSSR count). The minimum absolute atomic E-state index is 0.527. The fourth-order valence-electron chi connectivity index (χ4n) is 2.99. The molecule has 1 aliphatic heterocycles. The first-order chi connectivity index (χ1) is 9.08. The van der Waals surface area contributed by atoms with Gasteiger partial charge >= 0.3 is 0 Å². The van der Waals surface area contributed by atoms with Crippen LogP contribution in [0.4, 0.5) is 0 Å². The SMILES string of the molecule is CCN1CCCC1CN(C)C(=NC)NCC1(C)CC1. The van der Waals surface area contributed by atoms with E-state index >= 15 is 0 Å².